The minimum atomic E-state index is -0.584. The number of piperidine rings is 1. The maximum absolute atomic E-state index is 13.2. The number of nitrogens with zero attached hydrogens (tertiary/aromatic N) is 1. The van der Waals surface area contributed by atoms with Gasteiger partial charge in [-0.1, -0.05) is 31.5 Å². The van der Waals surface area contributed by atoms with Crippen LogP contribution < -0.4 is 9.47 Å². The molecule has 7 heteroatoms. The van der Waals surface area contributed by atoms with Gasteiger partial charge in [0, 0.05) is 24.1 Å². The van der Waals surface area contributed by atoms with Crippen LogP contribution in [-0.2, 0) is 14.3 Å². The molecule has 7 nitrogen and oxygen atoms in total. The summed E-state index contributed by atoms with van der Waals surface area (Å²) in [5.41, 5.74) is 1.22. The molecular formula is C27H33NO6. The average Bonchev–Trinajstić information content (AvgIpc) is 2.86. The molecule has 0 bridgehead atoms. The third-order valence-electron chi connectivity index (χ3n) is 6.05. The number of rotatable bonds is 11. The lowest BCUT2D eigenvalue weighted by molar-refractivity contribution is -0.156. The number of hydrogen-bond donors (Lipinski definition) is 0. The van der Waals surface area contributed by atoms with Gasteiger partial charge in [0.1, 0.15) is 11.5 Å². The summed E-state index contributed by atoms with van der Waals surface area (Å²) >= 11 is 0. The van der Waals surface area contributed by atoms with E-state index in [-0.39, 0.29) is 24.7 Å². The summed E-state index contributed by atoms with van der Waals surface area (Å²) in [5, 5.41) is 0. The average molecular weight is 468 g/mol. The van der Waals surface area contributed by atoms with Gasteiger partial charge in [-0.25, -0.2) is 0 Å². The van der Waals surface area contributed by atoms with Crippen LogP contribution >= 0.6 is 0 Å². The highest BCUT2D eigenvalue weighted by molar-refractivity contribution is 5.98. The van der Waals surface area contributed by atoms with E-state index in [9.17, 15) is 14.4 Å². The Bertz CT molecular complexity index is 987. The topological polar surface area (TPSA) is 82.1 Å². The van der Waals surface area contributed by atoms with Crippen LogP contribution in [0.4, 0.5) is 0 Å². The summed E-state index contributed by atoms with van der Waals surface area (Å²) in [7, 11) is 1.57. The Kier molecular flexibility index (Phi) is 9.08. The predicted octanol–water partition coefficient (Wildman–Crippen LogP) is 4.60. The molecule has 2 aromatic carbocycles. The van der Waals surface area contributed by atoms with Gasteiger partial charge in [0.25, 0.3) is 0 Å². The Morgan fingerprint density at radius 1 is 1.06 bits per heavy atom. The van der Waals surface area contributed by atoms with Crippen molar-refractivity contribution >= 4 is 17.7 Å². The number of ketones is 1. The van der Waals surface area contributed by atoms with Crippen molar-refractivity contribution in [2.24, 2.45) is 5.92 Å². The minimum Gasteiger partial charge on any atom is -0.496 e. The summed E-state index contributed by atoms with van der Waals surface area (Å²) in [4.78, 5) is 40.4. The van der Waals surface area contributed by atoms with Crippen molar-refractivity contribution in [3.63, 3.8) is 0 Å². The highest BCUT2D eigenvalue weighted by atomic mass is 16.5. The van der Waals surface area contributed by atoms with Crippen LogP contribution in [0.2, 0.25) is 0 Å². The SMILES string of the molecule is CCCCN1C(=O)CCC(C(=O)OCC(=O)c2ccc(OCC)cc2)C1c1ccccc1OC. The maximum Gasteiger partial charge on any atom is 0.311 e. The molecule has 1 aliphatic heterocycles. The van der Waals surface area contributed by atoms with Crippen LogP contribution in [0, 0.1) is 5.92 Å². The predicted molar refractivity (Wildman–Crippen MR) is 128 cm³/mol. The molecular weight excluding hydrogens is 434 g/mol. The number of amides is 1. The van der Waals surface area contributed by atoms with Gasteiger partial charge < -0.3 is 19.1 Å². The summed E-state index contributed by atoms with van der Waals surface area (Å²) in [6, 6.07) is 13.7. The Balaban J connectivity index is 1.78. The van der Waals surface area contributed by atoms with Crippen molar-refractivity contribution in [3.05, 3.63) is 59.7 Å². The largest absolute Gasteiger partial charge is 0.496 e. The first kappa shape index (κ1) is 25.3. The fraction of sp³-hybridized carbons (Fsp3) is 0.444. The molecule has 3 rings (SSSR count). The lowest BCUT2D eigenvalue weighted by Gasteiger charge is -2.40. The summed E-state index contributed by atoms with van der Waals surface area (Å²) in [6.07, 6.45) is 2.38. The van der Waals surface area contributed by atoms with E-state index >= 15 is 0 Å². The highest BCUT2D eigenvalue weighted by Crippen LogP contribution is 2.41. The highest BCUT2D eigenvalue weighted by Gasteiger charge is 2.42. The van der Waals surface area contributed by atoms with Gasteiger partial charge in [0.05, 0.1) is 25.7 Å². The van der Waals surface area contributed by atoms with Crippen molar-refractivity contribution in [2.75, 3.05) is 26.9 Å². The zero-order valence-corrected chi connectivity index (χ0v) is 20.1. The van der Waals surface area contributed by atoms with Gasteiger partial charge in [0.15, 0.2) is 12.4 Å². The number of carbonyl (C=O) groups is 3. The fourth-order valence-corrected chi connectivity index (χ4v) is 4.32. The maximum atomic E-state index is 13.2. The zero-order chi connectivity index (χ0) is 24.5. The number of Topliss-reactive ketones (excluding diaryl/α,β-unsaturated/α-hetero) is 1. The van der Waals surface area contributed by atoms with E-state index in [2.05, 4.69) is 6.92 Å². The molecule has 1 fully saturated rings. The number of benzene rings is 2. The number of para-hydroxylation sites is 1. The van der Waals surface area contributed by atoms with Crippen molar-refractivity contribution in [3.8, 4) is 11.5 Å². The molecule has 1 saturated heterocycles. The third-order valence-corrected chi connectivity index (χ3v) is 6.05. The Hall–Kier alpha value is -3.35. The van der Waals surface area contributed by atoms with Crippen LogP contribution in [0.3, 0.4) is 0 Å². The number of hydrogen-bond acceptors (Lipinski definition) is 6. The zero-order valence-electron chi connectivity index (χ0n) is 20.1. The Labute approximate surface area is 201 Å². The summed E-state index contributed by atoms with van der Waals surface area (Å²) < 4.78 is 16.4. The van der Waals surface area contributed by atoms with Gasteiger partial charge in [-0.2, -0.15) is 0 Å². The third kappa shape index (κ3) is 5.95. The smallest absolute Gasteiger partial charge is 0.311 e. The second-order valence-electron chi connectivity index (χ2n) is 8.26. The first-order valence-corrected chi connectivity index (χ1v) is 11.8. The molecule has 0 spiro atoms. The Morgan fingerprint density at radius 2 is 1.79 bits per heavy atom. The Morgan fingerprint density at radius 3 is 2.47 bits per heavy atom. The number of unbranched alkanes of at least 4 members (excludes halogenated alkanes) is 1. The van der Waals surface area contributed by atoms with E-state index in [0.717, 1.165) is 18.4 Å². The molecule has 182 valence electrons. The van der Waals surface area contributed by atoms with E-state index in [1.165, 1.54) is 0 Å². The lowest BCUT2D eigenvalue weighted by atomic mass is 9.83. The van der Waals surface area contributed by atoms with Crippen LogP contribution in [0.15, 0.2) is 48.5 Å². The fourth-order valence-electron chi connectivity index (χ4n) is 4.32. The molecule has 2 unspecified atom stereocenters. The molecule has 1 heterocycles. The first-order chi connectivity index (χ1) is 16.5. The van der Waals surface area contributed by atoms with Crippen LogP contribution in [0.5, 0.6) is 11.5 Å². The van der Waals surface area contributed by atoms with E-state index in [1.54, 1.807) is 36.3 Å². The van der Waals surface area contributed by atoms with Crippen molar-refractivity contribution in [1.29, 1.82) is 0 Å². The van der Waals surface area contributed by atoms with Crippen LogP contribution in [-0.4, -0.2) is 49.4 Å². The lowest BCUT2D eigenvalue weighted by Crippen LogP contribution is -2.46. The molecule has 0 radical (unpaired) electrons. The molecule has 0 N–H and O–H groups in total. The molecule has 1 amide bonds. The van der Waals surface area contributed by atoms with Gasteiger partial charge in [-0.15, -0.1) is 0 Å². The van der Waals surface area contributed by atoms with E-state index in [4.69, 9.17) is 14.2 Å². The normalized spacial score (nSPS) is 17.9. The molecule has 0 saturated carbocycles. The van der Waals surface area contributed by atoms with E-state index < -0.39 is 17.9 Å². The number of carbonyl (C=O) groups excluding carboxylic acids is 3. The quantitative estimate of drug-likeness (QED) is 0.355. The van der Waals surface area contributed by atoms with E-state index in [0.29, 0.717) is 36.6 Å². The summed E-state index contributed by atoms with van der Waals surface area (Å²) in [5.74, 6) is -0.0521. The van der Waals surface area contributed by atoms with Gasteiger partial charge in [0.2, 0.25) is 5.91 Å². The molecule has 2 atom stereocenters. The van der Waals surface area contributed by atoms with Crippen molar-refractivity contribution < 1.29 is 28.6 Å². The number of methoxy groups -OCH3 is 1. The molecule has 2 aromatic rings. The second kappa shape index (κ2) is 12.2. The molecule has 0 aliphatic carbocycles. The monoisotopic (exact) mass is 467 g/mol. The van der Waals surface area contributed by atoms with Crippen molar-refractivity contribution in [2.45, 2.75) is 45.6 Å². The van der Waals surface area contributed by atoms with E-state index in [1.807, 2.05) is 31.2 Å². The minimum absolute atomic E-state index is 0.0128. The molecule has 0 aromatic heterocycles. The first-order valence-electron chi connectivity index (χ1n) is 11.8. The molecule has 34 heavy (non-hydrogen) atoms. The van der Waals surface area contributed by atoms with Gasteiger partial charge >= 0.3 is 5.97 Å². The van der Waals surface area contributed by atoms with Crippen LogP contribution in [0.25, 0.3) is 0 Å². The van der Waals surface area contributed by atoms with Crippen LogP contribution in [0.1, 0.15) is 61.5 Å². The van der Waals surface area contributed by atoms with Gasteiger partial charge in [-0.05, 0) is 50.1 Å². The molecule has 1 aliphatic rings. The number of ether oxygens (including phenoxy) is 3. The number of esters is 1. The summed E-state index contributed by atoms with van der Waals surface area (Å²) in [6.45, 7) is 4.68. The van der Waals surface area contributed by atoms with Crippen molar-refractivity contribution in [1.82, 2.24) is 4.90 Å². The van der Waals surface area contributed by atoms with Gasteiger partial charge in [-0.3, -0.25) is 14.4 Å². The number of likely N-dealkylation sites (tertiary alicyclic amines) is 1. The standard InChI is InChI=1S/C27H33NO6/c1-4-6-17-28-25(30)16-15-22(26(28)21-9-7-8-10-24(21)32-3)27(31)34-18-23(29)19-11-13-20(14-12-19)33-5-2/h7-14,22,26H,4-6,15-18H2,1-3H3. The second-order valence-corrected chi connectivity index (χ2v) is 8.26.